The molecule has 6 heteroatoms. The average Bonchev–Trinajstić information content (AvgIpc) is 3.08. The molecule has 0 saturated heterocycles. The number of nitrogens with zero attached hydrogens (tertiary/aromatic N) is 2. The third-order valence-electron chi connectivity index (χ3n) is 2.74. The molecule has 0 amide bonds. The number of aliphatic carboxylic acids is 1. The van der Waals surface area contributed by atoms with Gasteiger partial charge in [0, 0.05) is 6.54 Å². The van der Waals surface area contributed by atoms with Crippen molar-refractivity contribution in [3.05, 3.63) is 12.4 Å². The van der Waals surface area contributed by atoms with Gasteiger partial charge in [-0.3, -0.25) is 9.78 Å². The third-order valence-corrected chi connectivity index (χ3v) is 2.74. The van der Waals surface area contributed by atoms with E-state index < -0.39 is 11.4 Å². The Balaban J connectivity index is 1.97. The van der Waals surface area contributed by atoms with E-state index in [1.54, 1.807) is 6.20 Å². The maximum atomic E-state index is 10.9. The van der Waals surface area contributed by atoms with E-state index in [1.807, 2.05) is 0 Å². The molecule has 0 spiro atoms. The Bertz CT molecular complexity index is 404. The lowest BCUT2D eigenvalue weighted by molar-refractivity contribution is -0.142. The molecule has 1 fully saturated rings. The van der Waals surface area contributed by atoms with Crippen LogP contribution in [0.1, 0.15) is 12.8 Å². The molecule has 16 heavy (non-hydrogen) atoms. The van der Waals surface area contributed by atoms with E-state index in [4.69, 9.17) is 9.84 Å². The molecule has 1 aliphatic carbocycles. The molecular formula is C10H13N3O3. The number of ether oxygens (including phenoxy) is 1. The van der Waals surface area contributed by atoms with Gasteiger partial charge in [0.25, 0.3) is 0 Å². The standard InChI is InChI=1S/C10H13N3O3/c1-16-8-5-11-4-7(13-8)12-6-10(2-3-10)9(14)15/h4-5H,2-3,6H2,1H3,(H,12,13)(H,14,15). The van der Waals surface area contributed by atoms with Crippen LogP contribution in [0.25, 0.3) is 0 Å². The molecule has 6 nitrogen and oxygen atoms in total. The largest absolute Gasteiger partial charge is 0.481 e. The highest BCUT2D eigenvalue weighted by Crippen LogP contribution is 2.45. The first kappa shape index (κ1) is 10.7. The minimum absolute atomic E-state index is 0.379. The van der Waals surface area contributed by atoms with E-state index in [-0.39, 0.29) is 0 Å². The van der Waals surface area contributed by atoms with Gasteiger partial charge in [-0.2, -0.15) is 4.98 Å². The SMILES string of the molecule is COc1cncc(NCC2(C(=O)O)CC2)n1. The third kappa shape index (κ3) is 2.05. The van der Waals surface area contributed by atoms with Crippen molar-refractivity contribution >= 4 is 11.8 Å². The lowest BCUT2D eigenvalue weighted by atomic mass is 10.1. The lowest BCUT2D eigenvalue weighted by Gasteiger charge is -2.11. The fourth-order valence-corrected chi connectivity index (χ4v) is 1.41. The molecular weight excluding hydrogens is 210 g/mol. The first-order chi connectivity index (χ1) is 7.66. The van der Waals surface area contributed by atoms with E-state index in [1.165, 1.54) is 13.3 Å². The van der Waals surface area contributed by atoms with E-state index in [9.17, 15) is 4.79 Å². The second-order valence-electron chi connectivity index (χ2n) is 3.89. The van der Waals surface area contributed by atoms with E-state index in [2.05, 4.69) is 15.3 Å². The zero-order chi connectivity index (χ0) is 11.6. The van der Waals surface area contributed by atoms with Crippen molar-refractivity contribution in [3.8, 4) is 5.88 Å². The Kier molecular flexibility index (Phi) is 2.64. The Morgan fingerprint density at radius 1 is 1.62 bits per heavy atom. The van der Waals surface area contributed by atoms with Crippen molar-refractivity contribution < 1.29 is 14.6 Å². The first-order valence-corrected chi connectivity index (χ1v) is 5.00. The molecule has 1 aliphatic rings. The van der Waals surface area contributed by atoms with Gasteiger partial charge in [-0.15, -0.1) is 0 Å². The minimum Gasteiger partial charge on any atom is -0.481 e. The molecule has 0 atom stereocenters. The fourth-order valence-electron chi connectivity index (χ4n) is 1.41. The zero-order valence-electron chi connectivity index (χ0n) is 8.93. The zero-order valence-corrected chi connectivity index (χ0v) is 8.93. The van der Waals surface area contributed by atoms with Crippen molar-refractivity contribution in [2.45, 2.75) is 12.8 Å². The number of anilines is 1. The number of carbonyl (C=O) groups is 1. The molecule has 2 rings (SSSR count). The number of methoxy groups -OCH3 is 1. The van der Waals surface area contributed by atoms with Crippen LogP contribution in [0, 0.1) is 5.41 Å². The van der Waals surface area contributed by atoms with Crippen molar-refractivity contribution in [3.63, 3.8) is 0 Å². The van der Waals surface area contributed by atoms with Gasteiger partial charge in [-0.05, 0) is 12.8 Å². The van der Waals surface area contributed by atoms with Crippen molar-refractivity contribution in [2.75, 3.05) is 19.0 Å². The monoisotopic (exact) mass is 223 g/mol. The van der Waals surface area contributed by atoms with Crippen LogP contribution in [0.2, 0.25) is 0 Å². The van der Waals surface area contributed by atoms with Gasteiger partial charge in [0.05, 0.1) is 24.9 Å². The van der Waals surface area contributed by atoms with Crippen LogP contribution >= 0.6 is 0 Å². The number of aromatic nitrogens is 2. The van der Waals surface area contributed by atoms with Crippen molar-refractivity contribution in [2.24, 2.45) is 5.41 Å². The molecule has 86 valence electrons. The highest BCUT2D eigenvalue weighted by molar-refractivity contribution is 5.78. The Hall–Kier alpha value is -1.85. The van der Waals surface area contributed by atoms with Gasteiger partial charge in [0.1, 0.15) is 5.82 Å². The molecule has 0 aromatic carbocycles. The normalized spacial score (nSPS) is 16.6. The van der Waals surface area contributed by atoms with Crippen molar-refractivity contribution in [1.82, 2.24) is 9.97 Å². The molecule has 0 unspecified atom stereocenters. The van der Waals surface area contributed by atoms with Crippen LogP contribution in [0.5, 0.6) is 5.88 Å². The van der Waals surface area contributed by atoms with Crippen LogP contribution in [0.15, 0.2) is 12.4 Å². The van der Waals surface area contributed by atoms with E-state index in [0.717, 1.165) is 0 Å². The molecule has 1 saturated carbocycles. The van der Waals surface area contributed by atoms with Gasteiger partial charge in [-0.1, -0.05) is 0 Å². The molecule has 0 bridgehead atoms. The van der Waals surface area contributed by atoms with Crippen LogP contribution < -0.4 is 10.1 Å². The molecule has 0 radical (unpaired) electrons. The number of carboxylic acid groups (broad SMARTS) is 1. The van der Waals surface area contributed by atoms with Gasteiger partial charge in [0.15, 0.2) is 0 Å². The summed E-state index contributed by atoms with van der Waals surface area (Å²) in [7, 11) is 1.51. The maximum Gasteiger partial charge on any atom is 0.311 e. The van der Waals surface area contributed by atoms with Gasteiger partial charge >= 0.3 is 5.97 Å². The van der Waals surface area contributed by atoms with Crippen LogP contribution in [0.4, 0.5) is 5.82 Å². The lowest BCUT2D eigenvalue weighted by Crippen LogP contribution is -2.24. The highest BCUT2D eigenvalue weighted by atomic mass is 16.5. The Morgan fingerprint density at radius 2 is 2.38 bits per heavy atom. The number of hydrogen-bond acceptors (Lipinski definition) is 5. The second-order valence-corrected chi connectivity index (χ2v) is 3.89. The summed E-state index contributed by atoms with van der Waals surface area (Å²) in [5.41, 5.74) is -0.606. The summed E-state index contributed by atoms with van der Waals surface area (Å²) >= 11 is 0. The predicted octanol–water partition coefficient (Wildman–Crippen LogP) is 0.762. The summed E-state index contributed by atoms with van der Waals surface area (Å²) < 4.78 is 4.92. The van der Waals surface area contributed by atoms with Gasteiger partial charge in [0.2, 0.25) is 5.88 Å². The molecule has 1 aromatic rings. The molecule has 1 aromatic heterocycles. The summed E-state index contributed by atoms with van der Waals surface area (Å²) in [5, 5.41) is 12.0. The number of hydrogen-bond donors (Lipinski definition) is 2. The summed E-state index contributed by atoms with van der Waals surface area (Å²) in [6, 6.07) is 0. The summed E-state index contributed by atoms with van der Waals surface area (Å²) in [4.78, 5) is 18.9. The fraction of sp³-hybridized carbons (Fsp3) is 0.500. The van der Waals surface area contributed by atoms with Crippen LogP contribution in [0.3, 0.4) is 0 Å². The summed E-state index contributed by atoms with van der Waals surface area (Å²) in [5.74, 6) is 0.188. The predicted molar refractivity (Wildman–Crippen MR) is 56.4 cm³/mol. The molecule has 0 aliphatic heterocycles. The topological polar surface area (TPSA) is 84.3 Å². The molecule has 1 heterocycles. The minimum atomic E-state index is -0.754. The second kappa shape index (κ2) is 3.96. The number of nitrogens with one attached hydrogen (secondary N) is 1. The number of carboxylic acids is 1. The number of rotatable bonds is 5. The Labute approximate surface area is 92.7 Å². The van der Waals surface area contributed by atoms with Crippen LogP contribution in [-0.2, 0) is 4.79 Å². The summed E-state index contributed by atoms with van der Waals surface area (Å²) in [6.45, 7) is 0.379. The van der Waals surface area contributed by atoms with Crippen LogP contribution in [-0.4, -0.2) is 34.7 Å². The van der Waals surface area contributed by atoms with E-state index >= 15 is 0 Å². The maximum absolute atomic E-state index is 10.9. The summed E-state index contributed by atoms with van der Waals surface area (Å²) in [6.07, 6.45) is 4.47. The Morgan fingerprint density at radius 3 is 2.94 bits per heavy atom. The average molecular weight is 223 g/mol. The van der Waals surface area contributed by atoms with Crippen molar-refractivity contribution in [1.29, 1.82) is 0 Å². The smallest absolute Gasteiger partial charge is 0.311 e. The quantitative estimate of drug-likeness (QED) is 0.766. The van der Waals surface area contributed by atoms with E-state index in [0.29, 0.717) is 31.1 Å². The highest BCUT2D eigenvalue weighted by Gasteiger charge is 2.50. The van der Waals surface area contributed by atoms with Gasteiger partial charge < -0.3 is 15.2 Å². The van der Waals surface area contributed by atoms with Gasteiger partial charge in [-0.25, -0.2) is 0 Å². The molecule has 2 N–H and O–H groups in total. The first-order valence-electron chi connectivity index (χ1n) is 5.00.